The zero-order valence-corrected chi connectivity index (χ0v) is 13.6. The van der Waals surface area contributed by atoms with E-state index in [4.69, 9.17) is 11.6 Å². The zero-order valence-electron chi connectivity index (χ0n) is 12.9. The van der Waals surface area contributed by atoms with Gasteiger partial charge in [-0.15, -0.1) is 0 Å². The fraction of sp³-hybridized carbons (Fsp3) is 0.333. The van der Waals surface area contributed by atoms with Crippen LogP contribution in [-0.4, -0.2) is 16.0 Å². The van der Waals surface area contributed by atoms with Crippen molar-refractivity contribution in [2.45, 2.75) is 32.5 Å². The summed E-state index contributed by atoms with van der Waals surface area (Å²) in [6.45, 7) is 3.68. The molecule has 0 unspecified atom stereocenters. The van der Waals surface area contributed by atoms with Crippen molar-refractivity contribution in [3.8, 4) is 0 Å². The van der Waals surface area contributed by atoms with Gasteiger partial charge < -0.3 is 10.6 Å². The average molecular weight is 363 g/mol. The molecule has 1 aromatic heterocycles. The summed E-state index contributed by atoms with van der Waals surface area (Å²) in [4.78, 5) is 7.50. The van der Waals surface area contributed by atoms with Crippen molar-refractivity contribution in [2.24, 2.45) is 0 Å². The van der Waals surface area contributed by atoms with Gasteiger partial charge in [0.25, 0.3) is 0 Å². The van der Waals surface area contributed by atoms with E-state index in [1.54, 1.807) is 6.92 Å². The van der Waals surface area contributed by atoms with E-state index in [2.05, 4.69) is 20.6 Å². The molecule has 1 heterocycles. The summed E-state index contributed by atoms with van der Waals surface area (Å²) in [5.74, 6) is -0.806. The van der Waals surface area contributed by atoms with Crippen molar-refractivity contribution < 1.29 is 17.6 Å². The lowest BCUT2D eigenvalue weighted by atomic mass is 10.3. The lowest BCUT2D eigenvalue weighted by Gasteiger charge is -2.15. The predicted molar refractivity (Wildman–Crippen MR) is 85.1 cm³/mol. The first-order valence-corrected chi connectivity index (χ1v) is 7.51. The highest BCUT2D eigenvalue weighted by atomic mass is 35.5. The number of alkyl halides is 3. The van der Waals surface area contributed by atoms with Crippen molar-refractivity contribution in [2.75, 3.05) is 10.6 Å². The van der Waals surface area contributed by atoms with Gasteiger partial charge in [0.05, 0.1) is 10.7 Å². The summed E-state index contributed by atoms with van der Waals surface area (Å²) in [6, 6.07) is 4.17. The van der Waals surface area contributed by atoms with Gasteiger partial charge in [0, 0.05) is 12.1 Å². The third-order valence-corrected chi connectivity index (χ3v) is 3.51. The predicted octanol–water partition coefficient (Wildman–Crippen LogP) is 5.24. The quantitative estimate of drug-likeness (QED) is 0.714. The summed E-state index contributed by atoms with van der Waals surface area (Å²) in [7, 11) is 0. The van der Waals surface area contributed by atoms with Gasteiger partial charge in [-0.1, -0.05) is 18.5 Å². The Kier molecular flexibility index (Phi) is 5.48. The molecule has 0 bridgehead atoms. The Hall–Kier alpha value is -2.09. The van der Waals surface area contributed by atoms with Crippen LogP contribution in [0.2, 0.25) is 5.02 Å². The summed E-state index contributed by atoms with van der Waals surface area (Å²) in [5.41, 5.74) is -0.858. The summed E-state index contributed by atoms with van der Waals surface area (Å²) in [6.07, 6.45) is -3.94. The molecule has 0 aliphatic carbocycles. The second-order valence-corrected chi connectivity index (χ2v) is 5.57. The SMILES string of the molecule is CC[C@H](C)Nc1nc(Nc2ccc(F)cc2Cl)cc(C(F)(F)F)n1. The average Bonchev–Trinajstić information content (AvgIpc) is 2.49. The number of hydrogen-bond donors (Lipinski definition) is 2. The molecule has 0 radical (unpaired) electrons. The van der Waals surface area contributed by atoms with E-state index in [0.29, 0.717) is 6.42 Å². The Labute approximate surface area is 141 Å². The van der Waals surface area contributed by atoms with Crippen LogP contribution in [-0.2, 0) is 6.18 Å². The van der Waals surface area contributed by atoms with Crippen LogP contribution in [0.15, 0.2) is 24.3 Å². The van der Waals surface area contributed by atoms with Crippen molar-refractivity contribution in [1.82, 2.24) is 9.97 Å². The molecule has 0 aliphatic heterocycles. The number of rotatable bonds is 5. The molecule has 1 aromatic carbocycles. The Morgan fingerprint density at radius 2 is 1.92 bits per heavy atom. The van der Waals surface area contributed by atoms with E-state index in [0.717, 1.165) is 18.2 Å². The van der Waals surface area contributed by atoms with E-state index in [1.807, 2.05) is 6.92 Å². The van der Waals surface area contributed by atoms with Crippen LogP contribution >= 0.6 is 11.6 Å². The molecule has 24 heavy (non-hydrogen) atoms. The number of anilines is 3. The molecule has 0 saturated carbocycles. The maximum atomic E-state index is 13.1. The highest BCUT2D eigenvalue weighted by Gasteiger charge is 2.34. The van der Waals surface area contributed by atoms with Crippen LogP contribution in [0, 0.1) is 5.82 Å². The van der Waals surface area contributed by atoms with E-state index < -0.39 is 17.7 Å². The third-order valence-electron chi connectivity index (χ3n) is 3.20. The van der Waals surface area contributed by atoms with Crippen LogP contribution in [0.3, 0.4) is 0 Å². The van der Waals surface area contributed by atoms with Crippen LogP contribution in [0.4, 0.5) is 35.0 Å². The largest absolute Gasteiger partial charge is 0.433 e. The Balaban J connectivity index is 2.38. The minimum atomic E-state index is -4.63. The van der Waals surface area contributed by atoms with Gasteiger partial charge in [-0.2, -0.15) is 18.2 Å². The van der Waals surface area contributed by atoms with Crippen molar-refractivity contribution in [1.29, 1.82) is 0 Å². The number of hydrogen-bond acceptors (Lipinski definition) is 4. The molecule has 0 spiro atoms. The molecule has 9 heteroatoms. The monoisotopic (exact) mass is 362 g/mol. The molecule has 130 valence electrons. The number of halogens is 5. The number of nitrogens with zero attached hydrogens (tertiary/aromatic N) is 2. The lowest BCUT2D eigenvalue weighted by Crippen LogP contribution is -2.18. The summed E-state index contributed by atoms with van der Waals surface area (Å²) < 4.78 is 52.1. The van der Waals surface area contributed by atoms with Gasteiger partial charge in [-0.05, 0) is 31.5 Å². The molecule has 2 rings (SSSR count). The van der Waals surface area contributed by atoms with E-state index in [1.165, 1.54) is 6.07 Å². The van der Waals surface area contributed by atoms with Crippen LogP contribution in [0.25, 0.3) is 0 Å². The molecule has 4 nitrogen and oxygen atoms in total. The number of nitrogens with one attached hydrogen (secondary N) is 2. The summed E-state index contributed by atoms with van der Waals surface area (Å²) >= 11 is 5.87. The minimum absolute atomic E-state index is 0.0265. The first-order chi connectivity index (χ1) is 11.2. The Morgan fingerprint density at radius 1 is 1.21 bits per heavy atom. The minimum Gasteiger partial charge on any atom is -0.352 e. The molecule has 0 saturated heterocycles. The Morgan fingerprint density at radius 3 is 2.50 bits per heavy atom. The summed E-state index contributed by atoms with van der Waals surface area (Å²) in [5, 5.41) is 5.48. The van der Waals surface area contributed by atoms with Gasteiger partial charge in [0.2, 0.25) is 5.95 Å². The topological polar surface area (TPSA) is 49.8 Å². The molecular formula is C15H15ClF4N4. The van der Waals surface area contributed by atoms with Gasteiger partial charge in [-0.25, -0.2) is 9.37 Å². The molecule has 2 N–H and O–H groups in total. The maximum absolute atomic E-state index is 13.1. The van der Waals surface area contributed by atoms with Crippen LogP contribution in [0.5, 0.6) is 0 Å². The Bertz CT molecular complexity index is 721. The first-order valence-electron chi connectivity index (χ1n) is 7.14. The normalized spacial score (nSPS) is 12.8. The second kappa shape index (κ2) is 7.21. The van der Waals surface area contributed by atoms with Crippen LogP contribution < -0.4 is 10.6 Å². The van der Waals surface area contributed by atoms with Crippen molar-refractivity contribution in [3.05, 3.63) is 40.8 Å². The molecule has 0 amide bonds. The van der Waals surface area contributed by atoms with Crippen LogP contribution in [0.1, 0.15) is 26.0 Å². The fourth-order valence-corrected chi connectivity index (χ4v) is 1.99. The molecule has 0 fully saturated rings. The molecular weight excluding hydrogens is 348 g/mol. The maximum Gasteiger partial charge on any atom is 0.433 e. The number of aromatic nitrogens is 2. The van der Waals surface area contributed by atoms with Crippen molar-refractivity contribution >= 4 is 29.1 Å². The van der Waals surface area contributed by atoms with E-state index in [9.17, 15) is 17.6 Å². The molecule has 1 atom stereocenters. The van der Waals surface area contributed by atoms with Gasteiger partial charge >= 0.3 is 6.18 Å². The first kappa shape index (κ1) is 18.3. The highest BCUT2D eigenvalue weighted by molar-refractivity contribution is 6.33. The molecule has 0 aliphatic rings. The second-order valence-electron chi connectivity index (χ2n) is 5.16. The van der Waals surface area contributed by atoms with Gasteiger partial charge in [-0.3, -0.25) is 0 Å². The third kappa shape index (κ3) is 4.70. The zero-order chi connectivity index (χ0) is 17.9. The fourth-order valence-electron chi connectivity index (χ4n) is 1.77. The molecule has 2 aromatic rings. The van der Waals surface area contributed by atoms with E-state index >= 15 is 0 Å². The van der Waals surface area contributed by atoms with E-state index in [-0.39, 0.29) is 28.5 Å². The van der Waals surface area contributed by atoms with Gasteiger partial charge in [0.1, 0.15) is 11.6 Å². The van der Waals surface area contributed by atoms with Gasteiger partial charge in [0.15, 0.2) is 5.69 Å². The number of benzene rings is 1. The standard InChI is InChI=1S/C15H15ClF4N4/c1-3-8(2)21-14-23-12(15(18,19)20)7-13(24-14)22-11-5-4-9(17)6-10(11)16/h4-8H,3H2,1-2H3,(H2,21,22,23,24)/t8-/m0/s1. The smallest absolute Gasteiger partial charge is 0.352 e. The lowest BCUT2D eigenvalue weighted by molar-refractivity contribution is -0.141. The van der Waals surface area contributed by atoms with Crippen molar-refractivity contribution in [3.63, 3.8) is 0 Å². The highest BCUT2D eigenvalue weighted by Crippen LogP contribution is 2.32.